The van der Waals surface area contributed by atoms with Crippen molar-refractivity contribution in [2.45, 2.75) is 39.0 Å². The molecular weight excluding hydrogens is 404 g/mol. The number of likely N-dealkylation sites (tertiary alicyclic amines) is 1. The van der Waals surface area contributed by atoms with Gasteiger partial charge in [0.1, 0.15) is 0 Å². The molecule has 32 heavy (non-hydrogen) atoms. The average molecular weight is 437 g/mol. The third-order valence-corrected chi connectivity index (χ3v) is 5.42. The molecule has 7 nitrogen and oxygen atoms in total. The molecule has 2 aromatic carbocycles. The first-order valence-electron chi connectivity index (χ1n) is 11.4. The van der Waals surface area contributed by atoms with Crippen molar-refractivity contribution in [3.63, 3.8) is 0 Å². The van der Waals surface area contributed by atoms with E-state index in [1.807, 2.05) is 17.9 Å². The molecule has 1 aliphatic heterocycles. The van der Waals surface area contributed by atoms with Crippen LogP contribution in [0.5, 0.6) is 0 Å². The van der Waals surface area contributed by atoms with Crippen LogP contribution in [0.25, 0.3) is 0 Å². The van der Waals surface area contributed by atoms with Gasteiger partial charge in [-0.15, -0.1) is 0 Å². The maximum absolute atomic E-state index is 12.7. The normalized spacial score (nSPS) is 13.7. The number of hydrogen-bond acceptors (Lipinski definition) is 4. The first-order valence-corrected chi connectivity index (χ1v) is 11.4. The lowest BCUT2D eigenvalue weighted by Crippen LogP contribution is -2.31. The van der Waals surface area contributed by atoms with E-state index >= 15 is 0 Å². The van der Waals surface area contributed by atoms with Crippen LogP contribution in [0.4, 0.5) is 11.4 Å². The zero-order valence-electron chi connectivity index (χ0n) is 18.7. The van der Waals surface area contributed by atoms with Crippen LogP contribution in [0.1, 0.15) is 59.7 Å². The molecule has 3 N–H and O–H groups in total. The molecule has 0 saturated carbocycles. The first kappa shape index (κ1) is 23.3. The van der Waals surface area contributed by atoms with Crippen LogP contribution < -0.4 is 16.0 Å². The zero-order valence-corrected chi connectivity index (χ0v) is 18.7. The summed E-state index contributed by atoms with van der Waals surface area (Å²) in [7, 11) is 0. The minimum Gasteiger partial charge on any atom is -0.376 e. The Balaban J connectivity index is 1.50. The van der Waals surface area contributed by atoms with E-state index in [1.165, 1.54) is 12.8 Å². The number of nitrogens with one attached hydrogen (secondary N) is 3. The highest BCUT2D eigenvalue weighted by atomic mass is 16.2. The van der Waals surface area contributed by atoms with Crippen molar-refractivity contribution in [2.75, 3.05) is 36.8 Å². The number of carbonyl (C=O) groups excluding carboxylic acids is 3. The molecule has 1 saturated heterocycles. The Hall–Kier alpha value is -3.35. The maximum Gasteiger partial charge on any atom is 0.253 e. The summed E-state index contributed by atoms with van der Waals surface area (Å²) in [6.45, 7) is 4.31. The second kappa shape index (κ2) is 11.9. The van der Waals surface area contributed by atoms with E-state index in [4.69, 9.17) is 0 Å². The van der Waals surface area contributed by atoms with Crippen LogP contribution in [-0.2, 0) is 4.79 Å². The van der Waals surface area contributed by atoms with Crippen molar-refractivity contribution in [2.24, 2.45) is 0 Å². The summed E-state index contributed by atoms with van der Waals surface area (Å²) >= 11 is 0. The van der Waals surface area contributed by atoms with E-state index in [9.17, 15) is 14.4 Å². The highest BCUT2D eigenvalue weighted by Crippen LogP contribution is 2.16. The Morgan fingerprint density at radius 3 is 2.28 bits per heavy atom. The number of carbonyl (C=O) groups is 3. The number of benzene rings is 2. The lowest BCUT2D eigenvalue weighted by molar-refractivity contribution is -0.114. The monoisotopic (exact) mass is 436 g/mol. The number of rotatable bonds is 8. The molecule has 2 aromatic rings. The molecule has 0 unspecified atom stereocenters. The number of nitrogens with zero attached hydrogens (tertiary/aromatic N) is 1. The highest BCUT2D eigenvalue weighted by molar-refractivity contribution is 5.97. The van der Waals surface area contributed by atoms with E-state index in [0.717, 1.165) is 32.4 Å². The standard InChI is InChI=1S/C25H32N4O3/c1-2-14-26-24(31)20-8-7-9-22(17-20)27-18-23(30)28-21-12-10-19(11-13-21)25(32)29-15-5-3-4-6-16-29/h7-13,17,27H,2-6,14-16,18H2,1H3,(H,26,31)(H,28,30). The second-order valence-corrected chi connectivity index (χ2v) is 8.02. The molecule has 1 aliphatic rings. The van der Waals surface area contributed by atoms with Gasteiger partial charge < -0.3 is 20.9 Å². The van der Waals surface area contributed by atoms with Crippen molar-refractivity contribution in [1.82, 2.24) is 10.2 Å². The topological polar surface area (TPSA) is 90.5 Å². The SMILES string of the molecule is CCCNC(=O)c1cccc(NCC(=O)Nc2ccc(C(=O)N3CCCCCC3)cc2)c1. The first-order chi connectivity index (χ1) is 15.6. The van der Waals surface area contributed by atoms with E-state index in [1.54, 1.807) is 42.5 Å². The van der Waals surface area contributed by atoms with E-state index in [0.29, 0.717) is 29.0 Å². The fourth-order valence-electron chi connectivity index (χ4n) is 3.65. The highest BCUT2D eigenvalue weighted by Gasteiger charge is 2.17. The van der Waals surface area contributed by atoms with Crippen LogP contribution in [-0.4, -0.2) is 48.8 Å². The Labute approximate surface area is 189 Å². The van der Waals surface area contributed by atoms with Gasteiger partial charge in [0.05, 0.1) is 6.54 Å². The van der Waals surface area contributed by atoms with Gasteiger partial charge in [0.25, 0.3) is 11.8 Å². The molecular formula is C25H32N4O3. The van der Waals surface area contributed by atoms with Crippen LogP contribution in [0.3, 0.4) is 0 Å². The molecule has 0 bridgehead atoms. The minimum atomic E-state index is -0.211. The van der Waals surface area contributed by atoms with Gasteiger partial charge in [0, 0.05) is 42.1 Å². The Kier molecular flexibility index (Phi) is 8.66. The number of amides is 3. The largest absolute Gasteiger partial charge is 0.376 e. The smallest absolute Gasteiger partial charge is 0.253 e. The minimum absolute atomic E-state index is 0.0503. The van der Waals surface area contributed by atoms with Gasteiger partial charge >= 0.3 is 0 Å². The van der Waals surface area contributed by atoms with Crippen LogP contribution in [0, 0.1) is 0 Å². The molecule has 7 heteroatoms. The third-order valence-electron chi connectivity index (χ3n) is 5.42. The molecule has 1 fully saturated rings. The average Bonchev–Trinajstić information content (AvgIpc) is 3.11. The molecule has 0 aliphatic carbocycles. The Bertz CT molecular complexity index is 919. The van der Waals surface area contributed by atoms with Gasteiger partial charge in [-0.05, 0) is 61.7 Å². The van der Waals surface area contributed by atoms with Gasteiger partial charge in [0.15, 0.2) is 0 Å². The summed E-state index contributed by atoms with van der Waals surface area (Å²) in [5.74, 6) is -0.290. The van der Waals surface area contributed by atoms with Crippen LogP contribution in [0.15, 0.2) is 48.5 Å². The molecule has 0 spiro atoms. The van der Waals surface area contributed by atoms with Crippen molar-refractivity contribution in [3.8, 4) is 0 Å². The lowest BCUT2D eigenvalue weighted by atomic mass is 10.1. The second-order valence-electron chi connectivity index (χ2n) is 8.02. The van der Waals surface area contributed by atoms with Gasteiger partial charge in [-0.3, -0.25) is 14.4 Å². The summed E-state index contributed by atoms with van der Waals surface area (Å²) in [6, 6.07) is 14.1. The Morgan fingerprint density at radius 2 is 1.59 bits per heavy atom. The van der Waals surface area contributed by atoms with Gasteiger partial charge in [-0.25, -0.2) is 0 Å². The van der Waals surface area contributed by atoms with Crippen molar-refractivity contribution < 1.29 is 14.4 Å². The Morgan fingerprint density at radius 1 is 0.875 bits per heavy atom. The van der Waals surface area contributed by atoms with Crippen molar-refractivity contribution in [1.29, 1.82) is 0 Å². The summed E-state index contributed by atoms with van der Waals surface area (Å²) in [5.41, 5.74) is 2.52. The summed E-state index contributed by atoms with van der Waals surface area (Å²) in [4.78, 5) is 39.0. The lowest BCUT2D eigenvalue weighted by Gasteiger charge is -2.20. The zero-order chi connectivity index (χ0) is 22.8. The molecule has 3 amide bonds. The van der Waals surface area contributed by atoms with Crippen molar-refractivity contribution >= 4 is 29.1 Å². The van der Waals surface area contributed by atoms with Crippen LogP contribution in [0.2, 0.25) is 0 Å². The summed E-state index contributed by atoms with van der Waals surface area (Å²) < 4.78 is 0. The molecule has 170 valence electrons. The fourth-order valence-corrected chi connectivity index (χ4v) is 3.65. The third kappa shape index (κ3) is 6.83. The van der Waals surface area contributed by atoms with Gasteiger partial charge in [0.2, 0.25) is 5.91 Å². The quantitative estimate of drug-likeness (QED) is 0.586. The van der Waals surface area contributed by atoms with E-state index < -0.39 is 0 Å². The van der Waals surface area contributed by atoms with Gasteiger partial charge in [-0.2, -0.15) is 0 Å². The number of anilines is 2. The molecule has 1 heterocycles. The predicted molar refractivity (Wildman–Crippen MR) is 127 cm³/mol. The molecule has 0 aromatic heterocycles. The van der Waals surface area contributed by atoms with E-state index in [2.05, 4.69) is 16.0 Å². The van der Waals surface area contributed by atoms with Crippen LogP contribution >= 0.6 is 0 Å². The fraction of sp³-hybridized carbons (Fsp3) is 0.400. The van der Waals surface area contributed by atoms with Crippen molar-refractivity contribution in [3.05, 3.63) is 59.7 Å². The summed E-state index contributed by atoms with van der Waals surface area (Å²) in [6.07, 6.45) is 5.34. The molecule has 3 rings (SSSR count). The molecule has 0 radical (unpaired) electrons. The molecule has 0 atom stereocenters. The van der Waals surface area contributed by atoms with Gasteiger partial charge in [-0.1, -0.05) is 25.8 Å². The predicted octanol–water partition coefficient (Wildman–Crippen LogP) is 3.89. The van der Waals surface area contributed by atoms with E-state index in [-0.39, 0.29) is 24.3 Å². The maximum atomic E-state index is 12.7. The number of hydrogen-bond donors (Lipinski definition) is 3. The summed E-state index contributed by atoms with van der Waals surface area (Å²) in [5, 5.41) is 8.71.